The predicted octanol–water partition coefficient (Wildman–Crippen LogP) is 7.81. The van der Waals surface area contributed by atoms with Crippen molar-refractivity contribution >= 4 is 69.9 Å². The van der Waals surface area contributed by atoms with E-state index in [1.165, 1.54) is 0 Å². The van der Waals surface area contributed by atoms with Gasteiger partial charge in [0.15, 0.2) is 5.92 Å². The number of ether oxygens (including phenoxy) is 1. The molecule has 0 saturated heterocycles. The van der Waals surface area contributed by atoms with Crippen molar-refractivity contribution in [1.29, 1.82) is 0 Å². The van der Waals surface area contributed by atoms with Gasteiger partial charge >= 0.3 is 11.9 Å². The van der Waals surface area contributed by atoms with Gasteiger partial charge in [0.1, 0.15) is 5.75 Å². The maximum atomic E-state index is 12.7. The lowest BCUT2D eigenvalue weighted by atomic mass is 9.92. The quantitative estimate of drug-likeness (QED) is 0.117. The van der Waals surface area contributed by atoms with Crippen molar-refractivity contribution < 1.29 is 19.4 Å². The molecule has 0 radical (unpaired) electrons. The van der Waals surface area contributed by atoms with Crippen LogP contribution in [-0.2, 0) is 16.0 Å². The minimum Gasteiger partial charge on any atom is -0.480 e. The Kier molecular flexibility index (Phi) is 7.13. The van der Waals surface area contributed by atoms with Gasteiger partial charge < -0.3 is 9.84 Å². The lowest BCUT2D eigenvalue weighted by molar-refractivity contribution is -0.148. The van der Waals surface area contributed by atoms with Gasteiger partial charge in [-0.2, -0.15) is 0 Å². The zero-order valence-electron chi connectivity index (χ0n) is 16.7. The van der Waals surface area contributed by atoms with Gasteiger partial charge in [-0.3, -0.25) is 9.59 Å². The van der Waals surface area contributed by atoms with Gasteiger partial charge in [-0.15, -0.1) is 0 Å². The second-order valence-electron chi connectivity index (χ2n) is 7.54. The minimum atomic E-state index is -1.43. The standard InChI is InChI=1S/C24H15Cl5O4/c25-18-17(19(26)21(28)22(29)20(18)27)15-8-6-12-10-13(7-9-14(12)15)33-24(32)16(23(30)31)11-4-2-1-3-5-11/h1-5,7,9-10,15-16H,6,8H2,(H,30,31). The Morgan fingerprint density at radius 3 is 2.09 bits per heavy atom. The van der Waals surface area contributed by atoms with Gasteiger partial charge in [-0.1, -0.05) is 94.4 Å². The van der Waals surface area contributed by atoms with Gasteiger partial charge in [0, 0.05) is 5.92 Å². The molecule has 1 N–H and O–H groups in total. The molecule has 3 aromatic rings. The number of carboxylic acids is 1. The number of rotatable bonds is 5. The summed E-state index contributed by atoms with van der Waals surface area (Å²) in [5.41, 5.74) is 2.80. The van der Waals surface area contributed by atoms with Gasteiger partial charge in [0.25, 0.3) is 0 Å². The number of aryl methyl sites for hydroxylation is 1. The first-order chi connectivity index (χ1) is 15.7. The molecule has 33 heavy (non-hydrogen) atoms. The zero-order valence-corrected chi connectivity index (χ0v) is 20.5. The number of carboxylic acid groups (broad SMARTS) is 1. The van der Waals surface area contributed by atoms with Crippen LogP contribution in [0.1, 0.15) is 40.5 Å². The maximum Gasteiger partial charge on any atom is 0.330 e. The highest BCUT2D eigenvalue weighted by atomic mass is 35.5. The summed E-state index contributed by atoms with van der Waals surface area (Å²) >= 11 is 31.5. The number of carbonyl (C=O) groups is 2. The highest BCUT2D eigenvalue weighted by Crippen LogP contribution is 2.51. The number of fused-ring (bicyclic) bond motifs is 1. The second kappa shape index (κ2) is 9.73. The van der Waals surface area contributed by atoms with E-state index in [9.17, 15) is 14.7 Å². The topological polar surface area (TPSA) is 63.6 Å². The van der Waals surface area contributed by atoms with E-state index in [1.807, 2.05) is 0 Å². The van der Waals surface area contributed by atoms with Crippen molar-refractivity contribution in [3.05, 3.63) is 95.9 Å². The molecule has 4 nitrogen and oxygen atoms in total. The summed E-state index contributed by atoms with van der Waals surface area (Å²) in [6.07, 6.45) is 1.35. The van der Waals surface area contributed by atoms with Gasteiger partial charge in [0.05, 0.1) is 25.1 Å². The fourth-order valence-corrected chi connectivity index (χ4v) is 5.50. The number of halogens is 5. The largest absolute Gasteiger partial charge is 0.480 e. The lowest BCUT2D eigenvalue weighted by Crippen LogP contribution is -2.26. The molecule has 0 fully saturated rings. The molecule has 2 atom stereocenters. The molecule has 0 aromatic heterocycles. The predicted molar refractivity (Wildman–Crippen MR) is 131 cm³/mol. The summed E-state index contributed by atoms with van der Waals surface area (Å²) in [5.74, 6) is -3.50. The molecule has 170 valence electrons. The van der Waals surface area contributed by atoms with Crippen LogP contribution in [0.3, 0.4) is 0 Å². The third kappa shape index (κ3) is 4.55. The Morgan fingerprint density at radius 1 is 0.879 bits per heavy atom. The Morgan fingerprint density at radius 2 is 1.48 bits per heavy atom. The SMILES string of the molecule is O=C(O)C(C(=O)Oc1ccc2c(c1)CCC2c1c(Cl)c(Cl)c(Cl)c(Cl)c1Cl)c1ccccc1. The molecule has 1 aliphatic carbocycles. The number of hydrogen-bond donors (Lipinski definition) is 1. The van der Waals surface area contributed by atoms with Crippen molar-refractivity contribution in [1.82, 2.24) is 0 Å². The molecule has 0 spiro atoms. The number of hydrogen-bond acceptors (Lipinski definition) is 3. The van der Waals surface area contributed by atoms with Crippen LogP contribution in [-0.4, -0.2) is 17.0 Å². The molecule has 2 unspecified atom stereocenters. The first kappa shape index (κ1) is 24.2. The molecule has 0 amide bonds. The first-order valence-corrected chi connectivity index (χ1v) is 11.7. The van der Waals surface area contributed by atoms with Crippen LogP contribution >= 0.6 is 58.0 Å². The molecule has 0 saturated carbocycles. The van der Waals surface area contributed by atoms with Gasteiger partial charge in [-0.25, -0.2) is 0 Å². The number of benzene rings is 3. The molecule has 4 rings (SSSR count). The van der Waals surface area contributed by atoms with Gasteiger partial charge in [0.2, 0.25) is 0 Å². The summed E-state index contributed by atoms with van der Waals surface area (Å²) < 4.78 is 5.43. The average molecular weight is 545 g/mol. The molecular formula is C24H15Cl5O4. The van der Waals surface area contributed by atoms with Crippen LogP contribution in [0.4, 0.5) is 0 Å². The summed E-state index contributed by atoms with van der Waals surface area (Å²) in [7, 11) is 0. The van der Waals surface area contributed by atoms with E-state index in [1.54, 1.807) is 48.5 Å². The third-order valence-electron chi connectivity index (χ3n) is 5.62. The van der Waals surface area contributed by atoms with Crippen molar-refractivity contribution in [2.24, 2.45) is 0 Å². The zero-order chi connectivity index (χ0) is 23.9. The highest BCUT2D eigenvalue weighted by molar-refractivity contribution is 6.55. The monoisotopic (exact) mass is 542 g/mol. The molecule has 0 aliphatic heterocycles. The summed E-state index contributed by atoms with van der Waals surface area (Å²) in [4.78, 5) is 24.4. The van der Waals surface area contributed by atoms with E-state index < -0.39 is 17.9 Å². The fourth-order valence-electron chi connectivity index (χ4n) is 4.09. The summed E-state index contributed by atoms with van der Waals surface area (Å²) in [6, 6.07) is 13.4. The Balaban J connectivity index is 1.63. The van der Waals surface area contributed by atoms with E-state index in [2.05, 4.69) is 0 Å². The first-order valence-electron chi connectivity index (χ1n) is 9.84. The third-order valence-corrected chi connectivity index (χ3v) is 7.92. The van der Waals surface area contributed by atoms with Crippen LogP contribution in [0.2, 0.25) is 25.1 Å². The number of esters is 1. The fraction of sp³-hybridized carbons (Fsp3) is 0.167. The Bertz CT molecular complexity index is 1230. The number of carbonyl (C=O) groups excluding carboxylic acids is 1. The highest BCUT2D eigenvalue weighted by Gasteiger charge is 2.33. The molecule has 0 heterocycles. The van der Waals surface area contributed by atoms with Crippen molar-refractivity contribution in [3.63, 3.8) is 0 Å². The Labute approximate surface area is 214 Å². The van der Waals surface area contributed by atoms with Crippen LogP contribution in [0.25, 0.3) is 0 Å². The van der Waals surface area contributed by atoms with E-state index >= 15 is 0 Å². The Hall–Kier alpha value is -1.95. The molecule has 0 bridgehead atoms. The smallest absolute Gasteiger partial charge is 0.330 e. The van der Waals surface area contributed by atoms with E-state index in [0.29, 0.717) is 24.0 Å². The van der Waals surface area contributed by atoms with E-state index in [-0.39, 0.29) is 36.8 Å². The average Bonchev–Trinajstić information content (AvgIpc) is 3.20. The van der Waals surface area contributed by atoms with Crippen molar-refractivity contribution in [2.45, 2.75) is 24.7 Å². The van der Waals surface area contributed by atoms with Crippen LogP contribution < -0.4 is 4.74 Å². The van der Waals surface area contributed by atoms with Crippen molar-refractivity contribution in [3.8, 4) is 5.75 Å². The molecule has 3 aromatic carbocycles. The normalized spacial score (nSPS) is 15.7. The minimum absolute atomic E-state index is 0.101. The van der Waals surface area contributed by atoms with E-state index in [0.717, 1.165) is 11.1 Å². The summed E-state index contributed by atoms with van der Waals surface area (Å²) in [6.45, 7) is 0. The number of aliphatic carboxylic acids is 1. The summed E-state index contributed by atoms with van der Waals surface area (Å²) in [5, 5.41) is 10.4. The maximum absolute atomic E-state index is 12.7. The van der Waals surface area contributed by atoms with Crippen LogP contribution in [0, 0.1) is 0 Å². The molecule has 1 aliphatic rings. The lowest BCUT2D eigenvalue weighted by Gasteiger charge is -2.19. The van der Waals surface area contributed by atoms with E-state index in [4.69, 9.17) is 62.7 Å². The van der Waals surface area contributed by atoms with Crippen LogP contribution in [0.15, 0.2) is 48.5 Å². The second-order valence-corrected chi connectivity index (χ2v) is 9.43. The van der Waals surface area contributed by atoms with Crippen LogP contribution in [0.5, 0.6) is 5.75 Å². The molecule has 9 heteroatoms. The van der Waals surface area contributed by atoms with Crippen molar-refractivity contribution in [2.75, 3.05) is 0 Å². The molecular weight excluding hydrogens is 530 g/mol. The van der Waals surface area contributed by atoms with Gasteiger partial charge in [-0.05, 0) is 47.2 Å².